The van der Waals surface area contributed by atoms with Gasteiger partial charge in [0.05, 0.1) is 18.0 Å². The molecule has 10 heteroatoms. The summed E-state index contributed by atoms with van der Waals surface area (Å²) in [6.07, 6.45) is 1.30. The molecule has 0 unspecified atom stereocenters. The van der Waals surface area contributed by atoms with Crippen LogP contribution in [-0.4, -0.2) is 39.1 Å². The number of amides is 1. The molecule has 0 radical (unpaired) electrons. The molecule has 2 atom stereocenters. The molecule has 0 heterocycles. The van der Waals surface area contributed by atoms with Crippen molar-refractivity contribution >= 4 is 27.6 Å². The molecule has 3 aromatic carbocycles. The van der Waals surface area contributed by atoms with Gasteiger partial charge in [-0.05, 0) is 60.9 Å². The Morgan fingerprint density at radius 3 is 2.29 bits per heavy atom. The van der Waals surface area contributed by atoms with Gasteiger partial charge in [0.2, 0.25) is 10.0 Å². The molecule has 0 saturated heterocycles. The maximum Gasteiger partial charge on any atom is 0.326 e. The van der Waals surface area contributed by atoms with E-state index < -0.39 is 33.5 Å². The van der Waals surface area contributed by atoms with Crippen LogP contribution >= 0.6 is 0 Å². The number of sulfonamides is 1. The van der Waals surface area contributed by atoms with Crippen LogP contribution in [0.3, 0.4) is 0 Å². The predicted octanol–water partition coefficient (Wildman–Crippen LogP) is 3.72. The maximum atomic E-state index is 13.3. The second-order valence-electron chi connectivity index (χ2n) is 9.52. The van der Waals surface area contributed by atoms with Crippen molar-refractivity contribution in [2.75, 3.05) is 17.6 Å². The molecule has 0 aromatic heterocycles. The van der Waals surface area contributed by atoms with Crippen molar-refractivity contribution < 1.29 is 27.1 Å². The van der Waals surface area contributed by atoms with Gasteiger partial charge in [0.15, 0.2) is 0 Å². The number of nitrogens with one attached hydrogen (secondary N) is 1. The van der Waals surface area contributed by atoms with Crippen LogP contribution in [0, 0.1) is 5.82 Å². The van der Waals surface area contributed by atoms with E-state index in [1.807, 2.05) is 30.3 Å². The fourth-order valence-corrected chi connectivity index (χ4v) is 4.27. The largest absolute Gasteiger partial charge is 0.459 e. The summed E-state index contributed by atoms with van der Waals surface area (Å²) in [6.45, 7) is 3.10. The average molecular weight is 542 g/mol. The van der Waals surface area contributed by atoms with Crippen molar-refractivity contribution in [2.45, 2.75) is 38.5 Å². The van der Waals surface area contributed by atoms with Gasteiger partial charge < -0.3 is 15.8 Å². The second kappa shape index (κ2) is 11.7. The van der Waals surface area contributed by atoms with Crippen LogP contribution in [0.5, 0.6) is 0 Å². The van der Waals surface area contributed by atoms with Crippen LogP contribution in [0.4, 0.5) is 10.1 Å². The smallest absolute Gasteiger partial charge is 0.326 e. The molecule has 3 aromatic rings. The zero-order valence-corrected chi connectivity index (χ0v) is 22.6. The van der Waals surface area contributed by atoms with E-state index in [2.05, 4.69) is 5.32 Å². The summed E-state index contributed by atoms with van der Waals surface area (Å²) in [7, 11) is -2.27. The zero-order valence-electron chi connectivity index (χ0n) is 21.8. The topological polar surface area (TPSA) is 119 Å². The number of benzene rings is 3. The van der Waals surface area contributed by atoms with Crippen LogP contribution in [0.25, 0.3) is 0 Å². The quantitative estimate of drug-likeness (QED) is 0.378. The van der Waals surface area contributed by atoms with Gasteiger partial charge in [0, 0.05) is 19.0 Å². The molecule has 0 saturated carbocycles. The van der Waals surface area contributed by atoms with E-state index in [0.29, 0.717) is 11.1 Å². The lowest BCUT2D eigenvalue weighted by molar-refractivity contribution is -0.150. The Bertz CT molecular complexity index is 1390. The molecule has 3 N–H and O–H groups in total. The molecule has 0 aliphatic heterocycles. The van der Waals surface area contributed by atoms with Crippen molar-refractivity contribution in [1.82, 2.24) is 5.32 Å². The molecule has 0 spiro atoms. The Kier molecular flexibility index (Phi) is 8.90. The molecule has 3 rings (SSSR count). The second-order valence-corrected chi connectivity index (χ2v) is 11.5. The number of nitrogens with two attached hydrogens (primary N) is 1. The zero-order chi connectivity index (χ0) is 28.1. The Morgan fingerprint density at radius 2 is 1.68 bits per heavy atom. The number of hydrogen-bond acceptors (Lipinski definition) is 6. The summed E-state index contributed by atoms with van der Waals surface area (Å²) < 4.78 is 44.1. The molecule has 0 aliphatic rings. The normalized spacial score (nSPS) is 13.7. The third-order valence-electron chi connectivity index (χ3n) is 6.07. The SMILES string of the molecule is C[C@@H](NC(=O)c1cc(COC(=O)[C@](C)(N)Cc2ccccc2)cc(N(C)S(C)(=O)=O)c1)c1ccc(F)cc1. The van der Waals surface area contributed by atoms with Gasteiger partial charge in [-0.1, -0.05) is 42.5 Å². The third kappa shape index (κ3) is 7.62. The number of hydrogen-bond donors (Lipinski definition) is 2. The first-order valence-electron chi connectivity index (χ1n) is 11.9. The lowest BCUT2D eigenvalue weighted by Crippen LogP contribution is -2.48. The maximum absolute atomic E-state index is 13.3. The highest BCUT2D eigenvalue weighted by atomic mass is 32.2. The number of halogens is 1. The molecule has 8 nitrogen and oxygen atoms in total. The summed E-state index contributed by atoms with van der Waals surface area (Å²) in [5, 5.41) is 2.82. The predicted molar refractivity (Wildman–Crippen MR) is 145 cm³/mol. The molecule has 0 bridgehead atoms. The first-order chi connectivity index (χ1) is 17.8. The van der Waals surface area contributed by atoms with E-state index in [0.717, 1.165) is 16.1 Å². The number of ether oxygens (including phenoxy) is 1. The summed E-state index contributed by atoms with van der Waals surface area (Å²) in [6, 6.07) is 19.1. The van der Waals surface area contributed by atoms with Gasteiger partial charge in [0.1, 0.15) is 18.0 Å². The third-order valence-corrected chi connectivity index (χ3v) is 7.27. The lowest BCUT2D eigenvalue weighted by atomic mass is 9.94. The molecular weight excluding hydrogens is 509 g/mol. The molecular formula is C28H32FN3O5S. The summed E-state index contributed by atoms with van der Waals surface area (Å²) in [5.41, 5.74) is 7.30. The van der Waals surface area contributed by atoms with Crippen molar-refractivity contribution in [2.24, 2.45) is 5.73 Å². The Labute approximate surface area is 222 Å². The number of rotatable bonds is 10. The minimum Gasteiger partial charge on any atom is -0.459 e. The number of carbonyl (C=O) groups excluding carboxylic acids is 2. The monoisotopic (exact) mass is 541 g/mol. The van der Waals surface area contributed by atoms with E-state index in [1.54, 1.807) is 26.0 Å². The van der Waals surface area contributed by atoms with Crippen LogP contribution in [-0.2, 0) is 32.6 Å². The molecule has 202 valence electrons. The van der Waals surface area contributed by atoms with Gasteiger partial charge in [0.25, 0.3) is 5.91 Å². The summed E-state index contributed by atoms with van der Waals surface area (Å²) >= 11 is 0. The van der Waals surface area contributed by atoms with Gasteiger partial charge in [-0.3, -0.25) is 13.9 Å². The van der Waals surface area contributed by atoms with E-state index in [4.69, 9.17) is 10.5 Å². The fraction of sp³-hybridized carbons (Fsp3) is 0.286. The average Bonchev–Trinajstić information content (AvgIpc) is 2.86. The van der Waals surface area contributed by atoms with E-state index >= 15 is 0 Å². The highest BCUT2D eigenvalue weighted by Crippen LogP contribution is 2.23. The van der Waals surface area contributed by atoms with Crippen LogP contribution in [0.1, 0.15) is 46.9 Å². The highest BCUT2D eigenvalue weighted by molar-refractivity contribution is 7.92. The van der Waals surface area contributed by atoms with E-state index in [9.17, 15) is 22.4 Å². The first kappa shape index (κ1) is 28.8. The number of carbonyl (C=O) groups is 2. The van der Waals surface area contributed by atoms with Gasteiger partial charge in [-0.2, -0.15) is 0 Å². The van der Waals surface area contributed by atoms with E-state index in [1.165, 1.54) is 37.4 Å². The number of nitrogens with zero attached hydrogens (tertiary/aromatic N) is 1. The molecule has 38 heavy (non-hydrogen) atoms. The number of anilines is 1. The molecule has 0 aliphatic carbocycles. The van der Waals surface area contributed by atoms with Gasteiger partial charge in [-0.25, -0.2) is 12.8 Å². The Hall–Kier alpha value is -3.76. The van der Waals surface area contributed by atoms with Crippen LogP contribution in [0.2, 0.25) is 0 Å². The molecule has 1 amide bonds. The Balaban J connectivity index is 1.82. The summed E-state index contributed by atoms with van der Waals surface area (Å²) in [5.74, 6) is -1.51. The van der Waals surface area contributed by atoms with Gasteiger partial charge in [-0.15, -0.1) is 0 Å². The van der Waals surface area contributed by atoms with Gasteiger partial charge >= 0.3 is 5.97 Å². The number of esters is 1. The lowest BCUT2D eigenvalue weighted by Gasteiger charge is -2.23. The van der Waals surface area contributed by atoms with Crippen molar-refractivity contribution in [3.8, 4) is 0 Å². The highest BCUT2D eigenvalue weighted by Gasteiger charge is 2.30. The minimum atomic E-state index is -3.64. The fourth-order valence-electron chi connectivity index (χ4n) is 3.78. The van der Waals surface area contributed by atoms with Crippen molar-refractivity contribution in [3.05, 3.63) is 101 Å². The summed E-state index contributed by atoms with van der Waals surface area (Å²) in [4.78, 5) is 25.9. The van der Waals surface area contributed by atoms with Crippen LogP contribution < -0.4 is 15.4 Å². The molecule has 0 fully saturated rings. The minimum absolute atomic E-state index is 0.165. The van der Waals surface area contributed by atoms with E-state index in [-0.39, 0.29) is 30.1 Å². The standard InChI is InChI=1S/C28H32FN3O5S/c1-19(22-10-12-24(29)13-11-22)31-26(33)23-14-21(15-25(16-23)32(3)38(4,35)36)18-37-27(34)28(2,30)17-20-8-6-5-7-9-20/h5-16,19H,17-18,30H2,1-4H3,(H,31,33)/t19-,28-/m1/s1. The first-order valence-corrected chi connectivity index (χ1v) is 13.8. The van der Waals surface area contributed by atoms with Crippen LogP contribution in [0.15, 0.2) is 72.8 Å². The van der Waals surface area contributed by atoms with Crippen molar-refractivity contribution in [3.63, 3.8) is 0 Å². The Morgan fingerprint density at radius 1 is 1.05 bits per heavy atom. The van der Waals surface area contributed by atoms with Crippen molar-refractivity contribution in [1.29, 1.82) is 0 Å².